The zero-order valence-corrected chi connectivity index (χ0v) is 13.1. The summed E-state index contributed by atoms with van der Waals surface area (Å²) in [5.74, 6) is 1.10. The Kier molecular flexibility index (Phi) is 4.46. The van der Waals surface area contributed by atoms with Gasteiger partial charge in [0, 0.05) is 56.7 Å². The van der Waals surface area contributed by atoms with Crippen LogP contribution in [0.3, 0.4) is 0 Å². The highest BCUT2D eigenvalue weighted by Gasteiger charge is 2.19. The van der Waals surface area contributed by atoms with Gasteiger partial charge in [-0.3, -0.25) is 4.90 Å². The smallest absolute Gasteiger partial charge is 0.205 e. The monoisotopic (exact) mass is 304 g/mol. The minimum atomic E-state index is 0.801. The Morgan fingerprint density at radius 2 is 1.81 bits per heavy atom. The number of anilines is 1. The van der Waals surface area contributed by atoms with Crippen LogP contribution in [0.4, 0.5) is 5.95 Å². The Labute approximate surface area is 130 Å². The molecule has 1 aliphatic rings. The summed E-state index contributed by atoms with van der Waals surface area (Å²) >= 11 is 5.93. The van der Waals surface area contributed by atoms with Gasteiger partial charge >= 0.3 is 0 Å². The van der Waals surface area contributed by atoms with Crippen molar-refractivity contribution in [2.45, 2.75) is 20.0 Å². The first-order chi connectivity index (χ1) is 10.3. The summed E-state index contributed by atoms with van der Waals surface area (Å²) in [6, 6.07) is 8.15. The van der Waals surface area contributed by atoms with Gasteiger partial charge in [-0.15, -0.1) is 0 Å². The van der Waals surface area contributed by atoms with Crippen LogP contribution >= 0.6 is 11.6 Å². The van der Waals surface area contributed by atoms with Crippen molar-refractivity contribution in [2.75, 3.05) is 31.1 Å². The maximum atomic E-state index is 5.93. The van der Waals surface area contributed by atoms with Gasteiger partial charge in [0.05, 0.1) is 0 Å². The number of benzene rings is 1. The molecule has 3 rings (SSSR count). The van der Waals surface area contributed by atoms with Crippen LogP contribution in [-0.4, -0.2) is 40.6 Å². The minimum absolute atomic E-state index is 0.801. The van der Waals surface area contributed by atoms with Crippen LogP contribution in [0, 0.1) is 0 Å². The maximum absolute atomic E-state index is 5.93. The van der Waals surface area contributed by atoms with Crippen LogP contribution in [0.5, 0.6) is 0 Å². The Bertz CT molecular complexity index is 570. The van der Waals surface area contributed by atoms with Crippen LogP contribution in [0.15, 0.2) is 36.7 Å². The van der Waals surface area contributed by atoms with Crippen molar-refractivity contribution >= 4 is 17.5 Å². The molecule has 2 aromatic rings. The van der Waals surface area contributed by atoms with E-state index >= 15 is 0 Å². The molecule has 1 aliphatic heterocycles. The zero-order valence-electron chi connectivity index (χ0n) is 12.4. The average molecular weight is 305 g/mol. The van der Waals surface area contributed by atoms with Gasteiger partial charge in [-0.25, -0.2) is 4.98 Å². The second-order valence-corrected chi connectivity index (χ2v) is 5.84. The van der Waals surface area contributed by atoms with E-state index in [9.17, 15) is 0 Å². The van der Waals surface area contributed by atoms with Gasteiger partial charge in [-0.05, 0) is 24.6 Å². The fourth-order valence-electron chi connectivity index (χ4n) is 2.79. The summed E-state index contributed by atoms with van der Waals surface area (Å²) in [5.41, 5.74) is 1.32. The molecule has 1 saturated heterocycles. The van der Waals surface area contributed by atoms with Crippen molar-refractivity contribution in [1.29, 1.82) is 0 Å². The van der Waals surface area contributed by atoms with E-state index in [0.29, 0.717) is 0 Å². The first-order valence-corrected chi connectivity index (χ1v) is 7.87. The molecule has 1 aromatic carbocycles. The fourth-order valence-corrected chi connectivity index (χ4v) is 2.91. The summed E-state index contributed by atoms with van der Waals surface area (Å²) in [5, 5.41) is 0.801. The van der Waals surface area contributed by atoms with Crippen LogP contribution in [-0.2, 0) is 13.1 Å². The first kappa shape index (κ1) is 14.4. The van der Waals surface area contributed by atoms with Gasteiger partial charge in [-0.1, -0.05) is 23.7 Å². The highest BCUT2D eigenvalue weighted by Crippen LogP contribution is 2.16. The minimum Gasteiger partial charge on any atom is -0.340 e. The molecule has 1 fully saturated rings. The molecule has 0 radical (unpaired) electrons. The molecule has 0 saturated carbocycles. The third kappa shape index (κ3) is 3.39. The number of rotatable bonds is 4. The van der Waals surface area contributed by atoms with E-state index in [2.05, 4.69) is 44.6 Å². The molecule has 0 spiro atoms. The standard InChI is InChI=1S/C16H21ClN4/c1-2-20-8-7-18-16(20)21-11-9-19(10-12-21)13-14-3-5-15(17)6-4-14/h3-8H,2,9-13H2,1H3. The van der Waals surface area contributed by atoms with E-state index in [1.165, 1.54) is 5.56 Å². The van der Waals surface area contributed by atoms with Crippen LogP contribution in [0.25, 0.3) is 0 Å². The molecule has 5 heteroatoms. The molecule has 0 amide bonds. The molecule has 0 N–H and O–H groups in total. The van der Waals surface area contributed by atoms with Crippen LogP contribution < -0.4 is 4.90 Å². The normalized spacial score (nSPS) is 16.4. The number of piperazine rings is 1. The molecule has 21 heavy (non-hydrogen) atoms. The number of imidazole rings is 1. The van der Waals surface area contributed by atoms with E-state index in [1.807, 2.05) is 18.3 Å². The lowest BCUT2D eigenvalue weighted by Crippen LogP contribution is -2.46. The molecule has 2 heterocycles. The Hall–Kier alpha value is -1.52. The summed E-state index contributed by atoms with van der Waals surface area (Å²) in [7, 11) is 0. The lowest BCUT2D eigenvalue weighted by molar-refractivity contribution is 0.248. The number of hydrogen-bond donors (Lipinski definition) is 0. The highest BCUT2D eigenvalue weighted by molar-refractivity contribution is 6.30. The van der Waals surface area contributed by atoms with E-state index in [4.69, 9.17) is 11.6 Å². The van der Waals surface area contributed by atoms with Gasteiger partial charge in [0.2, 0.25) is 5.95 Å². The van der Waals surface area contributed by atoms with Crippen molar-refractivity contribution in [3.63, 3.8) is 0 Å². The summed E-state index contributed by atoms with van der Waals surface area (Å²) in [6.07, 6.45) is 3.94. The second kappa shape index (κ2) is 6.50. The molecule has 112 valence electrons. The summed E-state index contributed by atoms with van der Waals surface area (Å²) in [4.78, 5) is 9.35. The summed E-state index contributed by atoms with van der Waals surface area (Å²) in [6.45, 7) is 8.32. The van der Waals surface area contributed by atoms with Crippen molar-refractivity contribution in [2.24, 2.45) is 0 Å². The van der Waals surface area contributed by atoms with E-state index in [-0.39, 0.29) is 0 Å². The molecular formula is C16H21ClN4. The molecule has 0 bridgehead atoms. The Morgan fingerprint density at radius 1 is 1.10 bits per heavy atom. The number of halogens is 1. The fraction of sp³-hybridized carbons (Fsp3) is 0.438. The van der Waals surface area contributed by atoms with E-state index in [1.54, 1.807) is 0 Å². The second-order valence-electron chi connectivity index (χ2n) is 5.40. The zero-order chi connectivity index (χ0) is 14.7. The van der Waals surface area contributed by atoms with Crippen LogP contribution in [0.1, 0.15) is 12.5 Å². The molecular weight excluding hydrogens is 284 g/mol. The van der Waals surface area contributed by atoms with Gasteiger partial charge in [0.1, 0.15) is 0 Å². The van der Waals surface area contributed by atoms with E-state index in [0.717, 1.165) is 50.2 Å². The molecule has 0 atom stereocenters. The molecule has 0 unspecified atom stereocenters. The van der Waals surface area contributed by atoms with Gasteiger partial charge in [-0.2, -0.15) is 0 Å². The van der Waals surface area contributed by atoms with Crippen molar-refractivity contribution in [1.82, 2.24) is 14.5 Å². The topological polar surface area (TPSA) is 24.3 Å². The number of hydrogen-bond acceptors (Lipinski definition) is 3. The number of aromatic nitrogens is 2. The predicted octanol–water partition coefficient (Wildman–Crippen LogP) is 2.88. The summed E-state index contributed by atoms with van der Waals surface area (Å²) < 4.78 is 2.20. The van der Waals surface area contributed by atoms with Crippen molar-refractivity contribution in [3.8, 4) is 0 Å². The van der Waals surface area contributed by atoms with Gasteiger partial charge in [0.15, 0.2) is 0 Å². The molecule has 1 aromatic heterocycles. The lowest BCUT2D eigenvalue weighted by atomic mass is 10.2. The largest absolute Gasteiger partial charge is 0.340 e. The first-order valence-electron chi connectivity index (χ1n) is 7.49. The SMILES string of the molecule is CCn1ccnc1N1CCN(Cc2ccc(Cl)cc2)CC1. The predicted molar refractivity (Wildman–Crippen MR) is 86.8 cm³/mol. The third-order valence-electron chi connectivity index (χ3n) is 4.01. The average Bonchev–Trinajstić information content (AvgIpc) is 2.99. The Balaban J connectivity index is 1.56. The van der Waals surface area contributed by atoms with Gasteiger partial charge in [0.25, 0.3) is 0 Å². The van der Waals surface area contributed by atoms with Crippen LogP contribution in [0.2, 0.25) is 5.02 Å². The molecule has 4 nitrogen and oxygen atoms in total. The number of aryl methyl sites for hydroxylation is 1. The lowest BCUT2D eigenvalue weighted by Gasteiger charge is -2.35. The third-order valence-corrected chi connectivity index (χ3v) is 4.26. The maximum Gasteiger partial charge on any atom is 0.205 e. The molecule has 0 aliphatic carbocycles. The van der Waals surface area contributed by atoms with Gasteiger partial charge < -0.3 is 9.47 Å². The highest BCUT2D eigenvalue weighted by atomic mass is 35.5. The van der Waals surface area contributed by atoms with Crippen molar-refractivity contribution < 1.29 is 0 Å². The number of nitrogens with zero attached hydrogens (tertiary/aromatic N) is 4. The van der Waals surface area contributed by atoms with E-state index < -0.39 is 0 Å². The quantitative estimate of drug-likeness (QED) is 0.868. The van der Waals surface area contributed by atoms with Crippen molar-refractivity contribution in [3.05, 3.63) is 47.2 Å². The Morgan fingerprint density at radius 3 is 2.48 bits per heavy atom.